The zero-order valence-corrected chi connectivity index (χ0v) is 10.2. The van der Waals surface area contributed by atoms with Gasteiger partial charge in [0, 0.05) is 18.2 Å². The number of halogens is 2. The van der Waals surface area contributed by atoms with Crippen LogP contribution in [0, 0.1) is 11.6 Å². The largest absolute Gasteiger partial charge is 0.349 e. The van der Waals surface area contributed by atoms with Gasteiger partial charge in [0.15, 0.2) is 0 Å². The van der Waals surface area contributed by atoms with Gasteiger partial charge >= 0.3 is 0 Å². The van der Waals surface area contributed by atoms with E-state index in [9.17, 15) is 13.6 Å². The normalized spacial score (nSPS) is 23.7. The molecule has 1 aromatic carbocycles. The minimum absolute atomic E-state index is 0.0400. The van der Waals surface area contributed by atoms with Crippen LogP contribution in [0.25, 0.3) is 0 Å². The number of hydrogen-bond donors (Lipinski definition) is 2. The predicted octanol–water partition coefficient (Wildman–Crippen LogP) is 1.84. The fraction of sp³-hybridized carbons (Fsp3) is 0.462. The van der Waals surface area contributed by atoms with Crippen LogP contribution in [0.15, 0.2) is 18.2 Å². The summed E-state index contributed by atoms with van der Waals surface area (Å²) in [6.07, 6.45) is 1.63. The van der Waals surface area contributed by atoms with Gasteiger partial charge in [-0.1, -0.05) is 0 Å². The molecule has 1 aromatic rings. The Morgan fingerprint density at radius 1 is 1.44 bits per heavy atom. The maximum atomic E-state index is 13.4. The van der Waals surface area contributed by atoms with E-state index in [0.29, 0.717) is 6.04 Å². The molecule has 0 saturated carbocycles. The molecule has 1 saturated heterocycles. The molecule has 1 aliphatic rings. The van der Waals surface area contributed by atoms with Crippen LogP contribution in [-0.2, 0) is 0 Å². The lowest BCUT2D eigenvalue weighted by atomic mass is 10.00. The average Bonchev–Trinajstić information content (AvgIpc) is 2.28. The van der Waals surface area contributed by atoms with Gasteiger partial charge in [0.25, 0.3) is 5.91 Å². The van der Waals surface area contributed by atoms with E-state index >= 15 is 0 Å². The van der Waals surface area contributed by atoms with E-state index in [-0.39, 0.29) is 11.6 Å². The molecule has 0 bridgehead atoms. The number of nitrogens with one attached hydrogen (secondary N) is 2. The molecule has 0 radical (unpaired) electrons. The molecular weight excluding hydrogens is 238 g/mol. The molecule has 1 heterocycles. The van der Waals surface area contributed by atoms with Crippen molar-refractivity contribution in [2.24, 2.45) is 0 Å². The Labute approximate surface area is 105 Å². The molecule has 0 aliphatic carbocycles. The van der Waals surface area contributed by atoms with E-state index in [2.05, 4.69) is 10.6 Å². The summed E-state index contributed by atoms with van der Waals surface area (Å²) in [7, 11) is 0. The standard InChI is InChI=1S/C13H16F2N2O/c1-8-6-10(4-5-16-8)17-13(18)11-3-2-9(14)7-12(11)15/h2-3,7-8,10,16H,4-6H2,1H3,(H,17,18). The average molecular weight is 254 g/mol. The van der Waals surface area contributed by atoms with Gasteiger partial charge in [0.2, 0.25) is 0 Å². The molecule has 2 N–H and O–H groups in total. The number of benzene rings is 1. The fourth-order valence-electron chi connectivity index (χ4n) is 2.20. The lowest BCUT2D eigenvalue weighted by Crippen LogP contribution is -2.46. The molecule has 2 unspecified atom stereocenters. The second-order valence-electron chi connectivity index (χ2n) is 4.67. The highest BCUT2D eigenvalue weighted by Gasteiger charge is 2.21. The van der Waals surface area contributed by atoms with E-state index < -0.39 is 17.5 Å². The molecule has 2 atom stereocenters. The summed E-state index contributed by atoms with van der Waals surface area (Å²) in [6, 6.07) is 3.35. The van der Waals surface area contributed by atoms with Crippen molar-refractivity contribution in [3.63, 3.8) is 0 Å². The lowest BCUT2D eigenvalue weighted by molar-refractivity contribution is 0.0921. The number of amides is 1. The number of hydrogen-bond acceptors (Lipinski definition) is 2. The minimum Gasteiger partial charge on any atom is -0.349 e. The molecule has 98 valence electrons. The van der Waals surface area contributed by atoms with E-state index in [0.717, 1.165) is 31.5 Å². The monoisotopic (exact) mass is 254 g/mol. The summed E-state index contributed by atoms with van der Waals surface area (Å²) in [5.74, 6) is -1.99. The first-order valence-electron chi connectivity index (χ1n) is 6.05. The fourth-order valence-corrected chi connectivity index (χ4v) is 2.20. The Morgan fingerprint density at radius 3 is 2.89 bits per heavy atom. The quantitative estimate of drug-likeness (QED) is 0.845. The Morgan fingerprint density at radius 2 is 2.22 bits per heavy atom. The molecule has 18 heavy (non-hydrogen) atoms. The Bertz CT molecular complexity index is 451. The predicted molar refractivity (Wildman–Crippen MR) is 64.3 cm³/mol. The third-order valence-corrected chi connectivity index (χ3v) is 3.13. The summed E-state index contributed by atoms with van der Waals surface area (Å²) in [6.45, 7) is 2.87. The summed E-state index contributed by atoms with van der Waals surface area (Å²) in [5.41, 5.74) is -0.109. The zero-order chi connectivity index (χ0) is 13.1. The first-order valence-corrected chi connectivity index (χ1v) is 6.05. The Kier molecular flexibility index (Phi) is 3.91. The van der Waals surface area contributed by atoms with Crippen molar-refractivity contribution in [3.05, 3.63) is 35.4 Å². The molecule has 1 aliphatic heterocycles. The molecule has 5 heteroatoms. The Hall–Kier alpha value is -1.49. The van der Waals surface area contributed by atoms with Gasteiger partial charge in [-0.3, -0.25) is 4.79 Å². The smallest absolute Gasteiger partial charge is 0.254 e. The minimum atomic E-state index is -0.825. The van der Waals surface area contributed by atoms with Crippen molar-refractivity contribution in [3.8, 4) is 0 Å². The summed E-state index contributed by atoms with van der Waals surface area (Å²) in [4.78, 5) is 11.9. The van der Waals surface area contributed by atoms with Crippen LogP contribution < -0.4 is 10.6 Å². The van der Waals surface area contributed by atoms with Crippen LogP contribution in [0.1, 0.15) is 30.1 Å². The van der Waals surface area contributed by atoms with Crippen LogP contribution in [0.3, 0.4) is 0 Å². The van der Waals surface area contributed by atoms with Gasteiger partial charge < -0.3 is 10.6 Å². The second kappa shape index (κ2) is 5.44. The van der Waals surface area contributed by atoms with E-state index in [4.69, 9.17) is 0 Å². The molecule has 1 fully saturated rings. The lowest BCUT2D eigenvalue weighted by Gasteiger charge is -2.28. The molecule has 2 rings (SSSR count). The van der Waals surface area contributed by atoms with Crippen LogP contribution >= 0.6 is 0 Å². The van der Waals surface area contributed by atoms with Gasteiger partial charge in [0.1, 0.15) is 11.6 Å². The maximum Gasteiger partial charge on any atom is 0.254 e. The number of carbonyl (C=O) groups is 1. The Balaban J connectivity index is 2.03. The van der Waals surface area contributed by atoms with Gasteiger partial charge in [0.05, 0.1) is 5.56 Å². The number of carbonyl (C=O) groups excluding carboxylic acids is 1. The van der Waals surface area contributed by atoms with Crippen LogP contribution in [0.5, 0.6) is 0 Å². The van der Waals surface area contributed by atoms with E-state index in [1.165, 1.54) is 6.07 Å². The van der Waals surface area contributed by atoms with E-state index in [1.807, 2.05) is 6.92 Å². The molecule has 3 nitrogen and oxygen atoms in total. The molecule has 1 amide bonds. The van der Waals surface area contributed by atoms with Gasteiger partial charge in [-0.05, 0) is 38.4 Å². The van der Waals surface area contributed by atoms with Gasteiger partial charge in [-0.25, -0.2) is 8.78 Å². The van der Waals surface area contributed by atoms with Crippen molar-refractivity contribution >= 4 is 5.91 Å². The van der Waals surface area contributed by atoms with Gasteiger partial charge in [-0.15, -0.1) is 0 Å². The molecule has 0 aromatic heterocycles. The first kappa shape index (κ1) is 13.0. The topological polar surface area (TPSA) is 41.1 Å². The highest BCUT2D eigenvalue weighted by atomic mass is 19.1. The summed E-state index contributed by atoms with van der Waals surface area (Å²) < 4.78 is 26.2. The van der Waals surface area contributed by atoms with Crippen molar-refractivity contribution in [2.45, 2.75) is 31.8 Å². The zero-order valence-electron chi connectivity index (χ0n) is 10.2. The van der Waals surface area contributed by atoms with Crippen molar-refractivity contribution in [1.29, 1.82) is 0 Å². The number of piperidine rings is 1. The molecular formula is C13H16F2N2O. The van der Waals surface area contributed by atoms with Crippen molar-refractivity contribution < 1.29 is 13.6 Å². The first-order chi connectivity index (χ1) is 8.56. The highest BCUT2D eigenvalue weighted by Crippen LogP contribution is 2.12. The summed E-state index contributed by atoms with van der Waals surface area (Å²) in [5, 5.41) is 6.05. The second-order valence-corrected chi connectivity index (χ2v) is 4.67. The van der Waals surface area contributed by atoms with Crippen molar-refractivity contribution in [2.75, 3.05) is 6.54 Å². The van der Waals surface area contributed by atoms with Crippen LogP contribution in [0.2, 0.25) is 0 Å². The highest BCUT2D eigenvalue weighted by molar-refractivity contribution is 5.94. The third-order valence-electron chi connectivity index (χ3n) is 3.13. The third kappa shape index (κ3) is 3.04. The van der Waals surface area contributed by atoms with E-state index in [1.54, 1.807) is 0 Å². The summed E-state index contributed by atoms with van der Waals surface area (Å²) >= 11 is 0. The van der Waals surface area contributed by atoms with Gasteiger partial charge in [-0.2, -0.15) is 0 Å². The molecule has 0 spiro atoms. The SMILES string of the molecule is CC1CC(NC(=O)c2ccc(F)cc2F)CCN1. The number of rotatable bonds is 2. The van der Waals surface area contributed by atoms with Crippen molar-refractivity contribution in [1.82, 2.24) is 10.6 Å². The van der Waals surface area contributed by atoms with Crippen LogP contribution in [-0.4, -0.2) is 24.5 Å². The van der Waals surface area contributed by atoms with Crippen LogP contribution in [0.4, 0.5) is 8.78 Å². The maximum absolute atomic E-state index is 13.4.